The van der Waals surface area contributed by atoms with Crippen LogP contribution in [0, 0.1) is 5.82 Å². The molecule has 0 amide bonds. The van der Waals surface area contributed by atoms with Crippen LogP contribution in [0.3, 0.4) is 0 Å². The molecule has 1 aliphatic rings. The van der Waals surface area contributed by atoms with Crippen molar-refractivity contribution in [1.29, 1.82) is 0 Å². The van der Waals surface area contributed by atoms with Crippen LogP contribution in [0.5, 0.6) is 5.75 Å². The Labute approximate surface area is 165 Å². The maximum atomic E-state index is 14.8. The number of halogens is 2. The summed E-state index contributed by atoms with van der Waals surface area (Å²) in [5, 5.41) is 12.1. The van der Waals surface area contributed by atoms with E-state index in [1.807, 2.05) is 0 Å². The molecule has 0 aliphatic carbocycles. The van der Waals surface area contributed by atoms with Crippen molar-refractivity contribution in [2.45, 2.75) is 32.0 Å². The van der Waals surface area contributed by atoms with Gasteiger partial charge in [-0.25, -0.2) is 4.39 Å². The van der Waals surface area contributed by atoms with Crippen molar-refractivity contribution in [2.75, 3.05) is 18.5 Å². The normalized spacial score (nSPS) is 16.3. The predicted molar refractivity (Wildman–Crippen MR) is 104 cm³/mol. The van der Waals surface area contributed by atoms with Gasteiger partial charge >= 0.3 is 5.97 Å². The van der Waals surface area contributed by atoms with Crippen molar-refractivity contribution in [2.24, 2.45) is 0 Å². The van der Waals surface area contributed by atoms with Gasteiger partial charge < -0.3 is 19.9 Å². The average molecular weight is 438 g/mol. The van der Waals surface area contributed by atoms with Gasteiger partial charge in [0.2, 0.25) is 0 Å². The van der Waals surface area contributed by atoms with E-state index in [0.717, 1.165) is 23.9 Å². The Hall–Kier alpha value is -2.12. The second kappa shape index (κ2) is 9.19. The summed E-state index contributed by atoms with van der Waals surface area (Å²) in [7, 11) is 0. The third kappa shape index (κ3) is 5.43. The number of hydrogen-bond donors (Lipinski definition) is 2. The Bertz CT molecular complexity index is 809. The van der Waals surface area contributed by atoms with E-state index in [-0.39, 0.29) is 24.9 Å². The van der Waals surface area contributed by atoms with Gasteiger partial charge in [-0.3, -0.25) is 4.79 Å². The van der Waals surface area contributed by atoms with E-state index in [9.17, 15) is 9.18 Å². The lowest BCUT2D eigenvalue weighted by Gasteiger charge is -2.16. The van der Waals surface area contributed by atoms with Gasteiger partial charge in [-0.05, 0) is 31.0 Å². The molecule has 144 valence electrons. The molecule has 0 bridgehead atoms. The molecular formula is C20H21BrFNO4. The Balaban J connectivity index is 1.70. The van der Waals surface area contributed by atoms with E-state index in [4.69, 9.17) is 14.6 Å². The molecule has 1 heterocycles. The quantitative estimate of drug-likeness (QED) is 0.640. The smallest absolute Gasteiger partial charge is 0.307 e. The van der Waals surface area contributed by atoms with Crippen LogP contribution in [-0.2, 0) is 22.6 Å². The Morgan fingerprint density at radius 2 is 2.15 bits per heavy atom. The Morgan fingerprint density at radius 1 is 1.33 bits per heavy atom. The van der Waals surface area contributed by atoms with Crippen LogP contribution in [0.4, 0.5) is 10.1 Å². The maximum Gasteiger partial charge on any atom is 0.307 e. The number of anilines is 1. The zero-order chi connectivity index (χ0) is 19.2. The monoisotopic (exact) mass is 437 g/mol. The molecule has 0 radical (unpaired) electrons. The van der Waals surface area contributed by atoms with Crippen LogP contribution >= 0.6 is 15.9 Å². The van der Waals surface area contributed by atoms with Gasteiger partial charge in [-0.15, -0.1) is 0 Å². The molecule has 7 heteroatoms. The average Bonchev–Trinajstić information content (AvgIpc) is 3.15. The fraction of sp³-hybridized carbons (Fsp3) is 0.350. The van der Waals surface area contributed by atoms with Gasteiger partial charge in [-0.2, -0.15) is 0 Å². The molecule has 0 aromatic heterocycles. The molecule has 5 nitrogen and oxygen atoms in total. The van der Waals surface area contributed by atoms with E-state index in [1.165, 1.54) is 0 Å². The number of carboxylic acids is 1. The zero-order valence-electron chi connectivity index (χ0n) is 14.7. The summed E-state index contributed by atoms with van der Waals surface area (Å²) < 4.78 is 26.8. The zero-order valence-corrected chi connectivity index (χ0v) is 16.3. The summed E-state index contributed by atoms with van der Waals surface area (Å²) in [6.45, 7) is 1.30. The van der Waals surface area contributed by atoms with Crippen molar-refractivity contribution in [3.8, 4) is 5.75 Å². The highest BCUT2D eigenvalue weighted by molar-refractivity contribution is 9.10. The van der Waals surface area contributed by atoms with Gasteiger partial charge in [0.25, 0.3) is 0 Å². The minimum atomic E-state index is -0.944. The summed E-state index contributed by atoms with van der Waals surface area (Å²) in [5.74, 6) is -0.889. The molecule has 1 fully saturated rings. The van der Waals surface area contributed by atoms with Crippen molar-refractivity contribution >= 4 is 27.6 Å². The molecule has 1 aliphatic heterocycles. The second-order valence-corrected chi connectivity index (χ2v) is 7.32. The lowest BCUT2D eigenvalue weighted by atomic mass is 10.1. The van der Waals surface area contributed by atoms with E-state index in [1.54, 1.807) is 36.4 Å². The highest BCUT2D eigenvalue weighted by atomic mass is 79.9. The van der Waals surface area contributed by atoms with E-state index < -0.39 is 5.97 Å². The molecule has 0 spiro atoms. The lowest BCUT2D eigenvalue weighted by molar-refractivity contribution is -0.136. The largest absolute Gasteiger partial charge is 0.488 e. The number of benzene rings is 2. The van der Waals surface area contributed by atoms with Gasteiger partial charge in [0.05, 0.1) is 18.2 Å². The van der Waals surface area contributed by atoms with E-state index in [0.29, 0.717) is 29.1 Å². The number of carbonyl (C=O) groups is 1. The molecule has 2 N–H and O–H groups in total. The third-order valence-electron chi connectivity index (χ3n) is 4.35. The summed E-state index contributed by atoms with van der Waals surface area (Å²) in [4.78, 5) is 11.0. The molecular weight excluding hydrogens is 417 g/mol. The third-order valence-corrected chi connectivity index (χ3v) is 4.81. The number of para-hydroxylation sites is 1. The molecule has 2 aromatic carbocycles. The first-order chi connectivity index (χ1) is 13.0. The van der Waals surface area contributed by atoms with Gasteiger partial charge in [0.1, 0.15) is 12.4 Å². The molecule has 0 saturated carbocycles. The first kappa shape index (κ1) is 19.6. The molecule has 1 atom stereocenters. The minimum absolute atomic E-state index is 0.00346. The topological polar surface area (TPSA) is 67.8 Å². The predicted octanol–water partition coefficient (Wildman–Crippen LogP) is 4.39. The van der Waals surface area contributed by atoms with Crippen LogP contribution in [0.2, 0.25) is 0 Å². The number of rotatable bonds is 8. The van der Waals surface area contributed by atoms with Crippen LogP contribution in [-0.4, -0.2) is 30.3 Å². The van der Waals surface area contributed by atoms with E-state index >= 15 is 0 Å². The van der Waals surface area contributed by atoms with Crippen molar-refractivity contribution in [3.63, 3.8) is 0 Å². The number of carboxylic acid groups (broad SMARTS) is 1. The first-order valence-corrected chi connectivity index (χ1v) is 9.58. The lowest BCUT2D eigenvalue weighted by Crippen LogP contribution is -2.19. The minimum Gasteiger partial charge on any atom is -0.488 e. The molecule has 1 unspecified atom stereocenters. The fourth-order valence-electron chi connectivity index (χ4n) is 3.02. The maximum absolute atomic E-state index is 14.8. The molecule has 2 aromatic rings. The van der Waals surface area contributed by atoms with Crippen molar-refractivity contribution < 1.29 is 23.8 Å². The number of nitrogens with one attached hydrogen (secondary N) is 1. The number of aliphatic carboxylic acids is 1. The van der Waals surface area contributed by atoms with Crippen LogP contribution < -0.4 is 10.1 Å². The van der Waals surface area contributed by atoms with Gasteiger partial charge in [0.15, 0.2) is 5.82 Å². The van der Waals surface area contributed by atoms with Gasteiger partial charge in [0, 0.05) is 28.8 Å². The van der Waals surface area contributed by atoms with Crippen molar-refractivity contribution in [3.05, 3.63) is 57.8 Å². The summed E-state index contributed by atoms with van der Waals surface area (Å²) in [6.07, 6.45) is 1.96. The fourth-order valence-corrected chi connectivity index (χ4v) is 3.52. The van der Waals surface area contributed by atoms with Crippen molar-refractivity contribution in [1.82, 2.24) is 0 Å². The molecule has 3 rings (SSSR count). The number of hydrogen-bond acceptors (Lipinski definition) is 4. The summed E-state index contributed by atoms with van der Waals surface area (Å²) in [5.41, 5.74) is 1.32. The van der Waals surface area contributed by atoms with Gasteiger partial charge in [-0.1, -0.05) is 34.1 Å². The summed E-state index contributed by atoms with van der Waals surface area (Å²) in [6, 6.07) is 10.2. The molecule has 27 heavy (non-hydrogen) atoms. The van der Waals surface area contributed by atoms with Crippen LogP contribution in [0.25, 0.3) is 0 Å². The SMILES string of the molecule is O=C(O)Cc1ccccc1OCc1cc(Br)cc(NCC2CCCO2)c1F. The summed E-state index contributed by atoms with van der Waals surface area (Å²) >= 11 is 3.40. The second-order valence-electron chi connectivity index (χ2n) is 6.41. The van der Waals surface area contributed by atoms with E-state index in [2.05, 4.69) is 21.2 Å². The number of ether oxygens (including phenoxy) is 2. The highest BCUT2D eigenvalue weighted by Gasteiger charge is 2.17. The molecule has 1 saturated heterocycles. The Kier molecular flexibility index (Phi) is 6.68. The standard InChI is InChI=1S/C20H21BrFNO4/c21-15-8-14(12-27-18-6-2-1-4-13(18)9-19(24)25)20(22)17(10-15)23-11-16-5-3-7-26-16/h1-2,4,6,8,10,16,23H,3,5,7,9,11-12H2,(H,24,25). The van der Waals surface area contributed by atoms with Crippen LogP contribution in [0.1, 0.15) is 24.0 Å². The van der Waals surface area contributed by atoms with Crippen LogP contribution in [0.15, 0.2) is 40.9 Å². The Morgan fingerprint density at radius 3 is 2.89 bits per heavy atom. The first-order valence-electron chi connectivity index (χ1n) is 8.79. The highest BCUT2D eigenvalue weighted by Crippen LogP contribution is 2.27.